The van der Waals surface area contributed by atoms with Crippen molar-refractivity contribution in [3.8, 4) is 0 Å². The number of nitrogens with zero attached hydrogens (tertiary/aromatic N) is 1. The van der Waals surface area contributed by atoms with Gasteiger partial charge in [0.05, 0.1) is 6.04 Å². The van der Waals surface area contributed by atoms with Crippen molar-refractivity contribution in [2.24, 2.45) is 0 Å². The fourth-order valence-electron chi connectivity index (χ4n) is 3.32. The number of carbonyl (C=O) groups is 2. The van der Waals surface area contributed by atoms with Crippen LogP contribution in [0.25, 0.3) is 0 Å². The van der Waals surface area contributed by atoms with E-state index in [9.17, 15) is 9.59 Å². The number of carboxylic acid groups (broad SMARTS) is 1. The molecule has 2 aromatic rings. The standard InChI is InChI=1S/C20H22N2O3/c23-18(24)11-6-13-21-20(25)22-14-12-15-7-4-5-10-17(15)19(22)16-8-2-1-3-9-16/h1-5,7-10,19H,6,11-14H2,(H,21,25)(H,23,24)/t19-/m1/s1. The lowest BCUT2D eigenvalue weighted by Crippen LogP contribution is -2.46. The zero-order valence-corrected chi connectivity index (χ0v) is 14.0. The van der Waals surface area contributed by atoms with Gasteiger partial charge in [0.1, 0.15) is 0 Å². The van der Waals surface area contributed by atoms with Crippen molar-refractivity contribution < 1.29 is 14.7 Å². The molecule has 0 fully saturated rings. The molecule has 25 heavy (non-hydrogen) atoms. The first-order valence-electron chi connectivity index (χ1n) is 8.56. The first-order chi connectivity index (χ1) is 12.2. The average molecular weight is 338 g/mol. The van der Waals surface area contributed by atoms with Crippen LogP contribution in [0.1, 0.15) is 35.6 Å². The lowest BCUT2D eigenvalue weighted by Gasteiger charge is -2.37. The summed E-state index contributed by atoms with van der Waals surface area (Å²) in [7, 11) is 0. The maximum absolute atomic E-state index is 12.7. The summed E-state index contributed by atoms with van der Waals surface area (Å²) in [5, 5.41) is 11.6. The summed E-state index contributed by atoms with van der Waals surface area (Å²) in [6.45, 7) is 1.01. The van der Waals surface area contributed by atoms with Crippen molar-refractivity contribution in [2.75, 3.05) is 13.1 Å². The van der Waals surface area contributed by atoms with E-state index in [4.69, 9.17) is 5.11 Å². The molecule has 0 radical (unpaired) electrons. The molecular weight excluding hydrogens is 316 g/mol. The molecule has 130 valence electrons. The van der Waals surface area contributed by atoms with Crippen LogP contribution in [0.4, 0.5) is 4.79 Å². The highest BCUT2D eigenvalue weighted by Crippen LogP contribution is 2.34. The summed E-state index contributed by atoms with van der Waals surface area (Å²) in [6, 6.07) is 18.0. The van der Waals surface area contributed by atoms with Crippen LogP contribution in [0.5, 0.6) is 0 Å². The molecule has 0 spiro atoms. The zero-order chi connectivity index (χ0) is 17.6. The van der Waals surface area contributed by atoms with Crippen molar-refractivity contribution in [2.45, 2.75) is 25.3 Å². The minimum absolute atomic E-state index is 0.0607. The Morgan fingerprint density at radius 2 is 1.80 bits per heavy atom. The summed E-state index contributed by atoms with van der Waals surface area (Å²) in [5.74, 6) is -0.844. The lowest BCUT2D eigenvalue weighted by molar-refractivity contribution is -0.137. The monoisotopic (exact) mass is 338 g/mol. The summed E-state index contributed by atoms with van der Waals surface area (Å²) in [4.78, 5) is 25.1. The highest BCUT2D eigenvalue weighted by molar-refractivity contribution is 5.76. The molecule has 1 heterocycles. The van der Waals surface area contributed by atoms with Crippen molar-refractivity contribution in [1.29, 1.82) is 0 Å². The number of benzene rings is 2. The Kier molecular flexibility index (Phi) is 5.33. The number of carbonyl (C=O) groups excluding carboxylic acids is 1. The van der Waals surface area contributed by atoms with Crippen LogP contribution in [-0.2, 0) is 11.2 Å². The molecule has 1 aliphatic heterocycles. The molecule has 1 aliphatic rings. The van der Waals surface area contributed by atoms with Crippen LogP contribution in [0.3, 0.4) is 0 Å². The molecule has 3 rings (SSSR count). The quantitative estimate of drug-likeness (QED) is 0.823. The second-order valence-corrected chi connectivity index (χ2v) is 6.18. The van der Waals surface area contributed by atoms with Gasteiger partial charge in [0.25, 0.3) is 0 Å². The molecule has 0 aliphatic carbocycles. The molecule has 2 amide bonds. The maximum Gasteiger partial charge on any atom is 0.318 e. The maximum atomic E-state index is 12.7. The number of nitrogens with one attached hydrogen (secondary N) is 1. The first kappa shape index (κ1) is 17.0. The predicted octanol–water partition coefficient (Wildman–Crippen LogP) is 3.21. The molecule has 5 heteroatoms. The number of rotatable bonds is 5. The molecule has 0 saturated carbocycles. The minimum Gasteiger partial charge on any atom is -0.481 e. The Morgan fingerprint density at radius 3 is 2.56 bits per heavy atom. The highest BCUT2D eigenvalue weighted by atomic mass is 16.4. The Bertz CT molecular complexity index is 746. The van der Waals surface area contributed by atoms with Gasteiger partial charge in [0, 0.05) is 19.5 Å². The van der Waals surface area contributed by atoms with Crippen molar-refractivity contribution in [3.63, 3.8) is 0 Å². The van der Waals surface area contributed by atoms with Crippen LogP contribution in [0.15, 0.2) is 54.6 Å². The number of hydrogen-bond donors (Lipinski definition) is 2. The first-order valence-corrected chi connectivity index (χ1v) is 8.56. The lowest BCUT2D eigenvalue weighted by atomic mass is 9.88. The van der Waals surface area contributed by atoms with E-state index in [1.165, 1.54) is 5.56 Å². The molecule has 2 aromatic carbocycles. The van der Waals surface area contributed by atoms with Gasteiger partial charge in [-0.1, -0.05) is 54.6 Å². The Balaban J connectivity index is 1.80. The van der Waals surface area contributed by atoms with Gasteiger partial charge < -0.3 is 15.3 Å². The molecule has 0 unspecified atom stereocenters. The van der Waals surface area contributed by atoms with Crippen molar-refractivity contribution in [3.05, 3.63) is 71.3 Å². The van der Waals surface area contributed by atoms with Crippen LogP contribution in [0.2, 0.25) is 0 Å². The molecule has 2 N–H and O–H groups in total. The summed E-state index contributed by atoms with van der Waals surface area (Å²) < 4.78 is 0. The van der Waals surface area contributed by atoms with Gasteiger partial charge in [-0.05, 0) is 29.5 Å². The van der Waals surface area contributed by atoms with Gasteiger partial charge in [-0.2, -0.15) is 0 Å². The minimum atomic E-state index is -0.844. The summed E-state index contributed by atoms with van der Waals surface area (Å²) in [6.07, 6.45) is 1.31. The summed E-state index contributed by atoms with van der Waals surface area (Å²) >= 11 is 0. The molecule has 5 nitrogen and oxygen atoms in total. The third-order valence-corrected chi connectivity index (χ3v) is 4.50. The van der Waals surface area contributed by atoms with Crippen molar-refractivity contribution >= 4 is 12.0 Å². The van der Waals surface area contributed by atoms with E-state index in [1.54, 1.807) is 0 Å². The third-order valence-electron chi connectivity index (χ3n) is 4.50. The van der Waals surface area contributed by atoms with E-state index in [0.29, 0.717) is 19.5 Å². The molecular formula is C20H22N2O3. The number of amides is 2. The van der Waals surface area contributed by atoms with Gasteiger partial charge in [0.2, 0.25) is 0 Å². The zero-order valence-electron chi connectivity index (χ0n) is 14.0. The van der Waals surface area contributed by atoms with E-state index in [-0.39, 0.29) is 18.5 Å². The number of hydrogen-bond acceptors (Lipinski definition) is 2. The van der Waals surface area contributed by atoms with Crippen LogP contribution in [-0.4, -0.2) is 35.1 Å². The van der Waals surface area contributed by atoms with Gasteiger partial charge in [-0.25, -0.2) is 4.79 Å². The third kappa shape index (κ3) is 3.99. The molecule has 0 bridgehead atoms. The Morgan fingerprint density at radius 1 is 1.08 bits per heavy atom. The molecule has 0 aromatic heterocycles. The van der Waals surface area contributed by atoms with Gasteiger partial charge in [-0.3, -0.25) is 4.79 Å². The second-order valence-electron chi connectivity index (χ2n) is 6.18. The van der Waals surface area contributed by atoms with E-state index in [0.717, 1.165) is 17.5 Å². The Labute approximate surface area is 147 Å². The largest absolute Gasteiger partial charge is 0.481 e. The fourth-order valence-corrected chi connectivity index (χ4v) is 3.32. The average Bonchev–Trinajstić information content (AvgIpc) is 2.64. The smallest absolute Gasteiger partial charge is 0.318 e. The van der Waals surface area contributed by atoms with Crippen LogP contribution < -0.4 is 5.32 Å². The fraction of sp³-hybridized carbons (Fsp3) is 0.300. The summed E-state index contributed by atoms with van der Waals surface area (Å²) in [5.41, 5.74) is 3.50. The van der Waals surface area contributed by atoms with Crippen LogP contribution >= 0.6 is 0 Å². The van der Waals surface area contributed by atoms with E-state index in [2.05, 4.69) is 17.4 Å². The SMILES string of the molecule is O=C(O)CCCNC(=O)N1CCc2ccccc2[C@H]1c1ccccc1. The van der Waals surface area contributed by atoms with E-state index in [1.807, 2.05) is 47.4 Å². The number of fused-ring (bicyclic) bond motifs is 1. The number of aliphatic carboxylic acids is 1. The van der Waals surface area contributed by atoms with E-state index >= 15 is 0 Å². The number of urea groups is 1. The van der Waals surface area contributed by atoms with Gasteiger partial charge >= 0.3 is 12.0 Å². The van der Waals surface area contributed by atoms with E-state index < -0.39 is 5.97 Å². The van der Waals surface area contributed by atoms with Gasteiger partial charge in [-0.15, -0.1) is 0 Å². The van der Waals surface area contributed by atoms with Gasteiger partial charge in [0.15, 0.2) is 0 Å². The Hall–Kier alpha value is -2.82. The predicted molar refractivity (Wildman–Crippen MR) is 95.4 cm³/mol. The number of carboxylic acids is 1. The normalized spacial score (nSPS) is 16.2. The topological polar surface area (TPSA) is 69.6 Å². The molecule has 0 saturated heterocycles. The highest BCUT2D eigenvalue weighted by Gasteiger charge is 2.31. The molecule has 1 atom stereocenters. The second kappa shape index (κ2) is 7.83. The van der Waals surface area contributed by atoms with Crippen LogP contribution in [0, 0.1) is 0 Å². The van der Waals surface area contributed by atoms with Crippen molar-refractivity contribution in [1.82, 2.24) is 10.2 Å².